The van der Waals surface area contributed by atoms with Crippen LogP contribution in [0.4, 0.5) is 11.6 Å². The molecule has 0 aliphatic rings. The summed E-state index contributed by atoms with van der Waals surface area (Å²) in [5.74, 6) is 1.74. The minimum absolute atomic E-state index is 0.763. The normalized spacial score (nSPS) is 10.0. The first-order chi connectivity index (χ1) is 8.28. The number of pyridine rings is 1. The van der Waals surface area contributed by atoms with Gasteiger partial charge in [-0.15, -0.1) is 0 Å². The van der Waals surface area contributed by atoms with Gasteiger partial charge in [0.25, 0.3) is 0 Å². The van der Waals surface area contributed by atoms with Crippen molar-refractivity contribution in [2.24, 2.45) is 0 Å². The highest BCUT2D eigenvalue weighted by molar-refractivity contribution is 9.10. The van der Waals surface area contributed by atoms with Crippen LogP contribution in [-0.2, 0) is 6.54 Å². The fourth-order valence-electron chi connectivity index (χ4n) is 1.51. The molecule has 2 N–H and O–H groups in total. The molecule has 1 aromatic heterocycles. The van der Waals surface area contributed by atoms with Crippen molar-refractivity contribution < 1.29 is 0 Å². The number of hydrogen-bond acceptors (Lipinski definition) is 3. The predicted molar refractivity (Wildman–Crippen MR) is 75.3 cm³/mol. The molecule has 1 heterocycles. The summed E-state index contributed by atoms with van der Waals surface area (Å²) < 4.78 is 1.09. The maximum Gasteiger partial charge on any atom is 0.128 e. The lowest BCUT2D eigenvalue weighted by Crippen LogP contribution is -2.02. The summed E-state index contributed by atoms with van der Waals surface area (Å²) >= 11 is 3.46. The zero-order valence-corrected chi connectivity index (χ0v) is 11.2. The van der Waals surface area contributed by atoms with E-state index in [2.05, 4.69) is 43.7 Å². The van der Waals surface area contributed by atoms with Gasteiger partial charge in [-0.1, -0.05) is 34.1 Å². The van der Waals surface area contributed by atoms with Crippen LogP contribution in [0.3, 0.4) is 0 Å². The lowest BCUT2D eigenvalue weighted by atomic mass is 10.2. The van der Waals surface area contributed by atoms with E-state index in [1.165, 1.54) is 5.56 Å². The number of hydrogen-bond donors (Lipinski definition) is 2. The first-order valence-corrected chi connectivity index (χ1v) is 6.20. The van der Waals surface area contributed by atoms with Gasteiger partial charge in [-0.2, -0.15) is 0 Å². The summed E-state index contributed by atoms with van der Waals surface area (Å²) in [6.07, 6.45) is 0. The van der Waals surface area contributed by atoms with E-state index in [1.54, 1.807) is 0 Å². The van der Waals surface area contributed by atoms with Gasteiger partial charge in [0.15, 0.2) is 0 Å². The second kappa shape index (κ2) is 5.68. The Morgan fingerprint density at radius 1 is 1.12 bits per heavy atom. The van der Waals surface area contributed by atoms with E-state index < -0.39 is 0 Å². The highest BCUT2D eigenvalue weighted by Crippen LogP contribution is 2.14. The van der Waals surface area contributed by atoms with Crippen LogP contribution in [0.25, 0.3) is 0 Å². The van der Waals surface area contributed by atoms with Crippen LogP contribution >= 0.6 is 15.9 Å². The lowest BCUT2D eigenvalue weighted by molar-refractivity contribution is 1.11. The predicted octanol–water partition coefficient (Wildman–Crippen LogP) is 3.50. The lowest BCUT2D eigenvalue weighted by Gasteiger charge is -2.07. The molecule has 88 valence electrons. The molecule has 0 spiro atoms. The fourth-order valence-corrected chi connectivity index (χ4v) is 1.96. The molecule has 4 heteroatoms. The molecule has 2 rings (SSSR count). The van der Waals surface area contributed by atoms with Crippen LogP contribution in [0, 0.1) is 0 Å². The Kier molecular flexibility index (Phi) is 3.98. The van der Waals surface area contributed by atoms with Crippen LogP contribution in [0.1, 0.15) is 5.56 Å². The number of aromatic nitrogens is 1. The standard InChI is InChI=1S/C13H14BrN3/c1-15-12-6-3-7-13(17-12)16-9-10-4-2-5-11(14)8-10/h2-8H,9H2,1H3,(H2,15,16,17). The van der Waals surface area contributed by atoms with E-state index in [0.29, 0.717) is 0 Å². The van der Waals surface area contributed by atoms with Gasteiger partial charge in [0.2, 0.25) is 0 Å². The van der Waals surface area contributed by atoms with Crippen molar-refractivity contribution in [3.63, 3.8) is 0 Å². The van der Waals surface area contributed by atoms with E-state index in [9.17, 15) is 0 Å². The average molecular weight is 292 g/mol. The average Bonchev–Trinajstić information content (AvgIpc) is 2.37. The minimum atomic E-state index is 0.763. The molecule has 0 saturated heterocycles. The van der Waals surface area contributed by atoms with Crippen LogP contribution in [0.5, 0.6) is 0 Å². The summed E-state index contributed by atoms with van der Waals surface area (Å²) in [7, 11) is 1.86. The zero-order valence-electron chi connectivity index (χ0n) is 9.57. The van der Waals surface area contributed by atoms with E-state index >= 15 is 0 Å². The summed E-state index contributed by atoms with van der Waals surface area (Å²) in [6, 6.07) is 14.1. The summed E-state index contributed by atoms with van der Waals surface area (Å²) in [5.41, 5.74) is 1.22. The molecule has 0 bridgehead atoms. The maximum atomic E-state index is 4.39. The Hall–Kier alpha value is -1.55. The molecule has 0 unspecified atom stereocenters. The second-order valence-corrected chi connectivity index (χ2v) is 4.56. The Balaban J connectivity index is 2.02. The number of anilines is 2. The third kappa shape index (κ3) is 3.46. The first kappa shape index (κ1) is 11.9. The Labute approximate surface area is 109 Å². The smallest absolute Gasteiger partial charge is 0.128 e. The van der Waals surface area contributed by atoms with Gasteiger partial charge in [0.05, 0.1) is 0 Å². The molecule has 0 amide bonds. The Bertz CT molecular complexity index is 500. The van der Waals surface area contributed by atoms with Crippen LogP contribution < -0.4 is 10.6 Å². The van der Waals surface area contributed by atoms with Gasteiger partial charge in [-0.05, 0) is 29.8 Å². The highest BCUT2D eigenvalue weighted by Gasteiger charge is 1.97. The molecule has 3 nitrogen and oxygen atoms in total. The van der Waals surface area contributed by atoms with Crippen molar-refractivity contribution in [2.45, 2.75) is 6.54 Å². The highest BCUT2D eigenvalue weighted by atomic mass is 79.9. The minimum Gasteiger partial charge on any atom is -0.373 e. The summed E-state index contributed by atoms with van der Waals surface area (Å²) in [6.45, 7) is 0.763. The topological polar surface area (TPSA) is 37.0 Å². The number of rotatable bonds is 4. The molecule has 0 aliphatic carbocycles. The number of benzene rings is 1. The fraction of sp³-hybridized carbons (Fsp3) is 0.154. The number of halogens is 1. The van der Waals surface area contributed by atoms with Crippen LogP contribution in [0.15, 0.2) is 46.9 Å². The van der Waals surface area contributed by atoms with Crippen molar-refractivity contribution in [1.29, 1.82) is 0 Å². The van der Waals surface area contributed by atoms with Crippen molar-refractivity contribution in [3.8, 4) is 0 Å². The quantitative estimate of drug-likeness (QED) is 0.905. The Morgan fingerprint density at radius 3 is 2.65 bits per heavy atom. The largest absolute Gasteiger partial charge is 0.373 e. The molecular formula is C13H14BrN3. The molecule has 17 heavy (non-hydrogen) atoms. The van der Waals surface area contributed by atoms with Crippen molar-refractivity contribution in [1.82, 2.24) is 4.98 Å². The van der Waals surface area contributed by atoms with Gasteiger partial charge >= 0.3 is 0 Å². The first-order valence-electron chi connectivity index (χ1n) is 5.41. The van der Waals surface area contributed by atoms with Gasteiger partial charge in [-0.3, -0.25) is 0 Å². The SMILES string of the molecule is CNc1cccc(NCc2cccc(Br)c2)n1. The summed E-state index contributed by atoms with van der Waals surface area (Å²) in [5, 5.41) is 6.31. The molecular weight excluding hydrogens is 278 g/mol. The third-order valence-corrected chi connectivity index (χ3v) is 2.86. The Morgan fingerprint density at radius 2 is 1.88 bits per heavy atom. The van der Waals surface area contributed by atoms with Gasteiger partial charge in [-0.25, -0.2) is 4.98 Å². The zero-order chi connectivity index (χ0) is 12.1. The molecule has 0 radical (unpaired) electrons. The molecule has 2 aromatic rings. The monoisotopic (exact) mass is 291 g/mol. The van der Waals surface area contributed by atoms with Crippen molar-refractivity contribution in [3.05, 3.63) is 52.5 Å². The number of nitrogens with one attached hydrogen (secondary N) is 2. The van der Waals surface area contributed by atoms with Gasteiger partial charge in [0, 0.05) is 18.1 Å². The van der Waals surface area contributed by atoms with E-state index in [0.717, 1.165) is 22.7 Å². The molecule has 0 saturated carbocycles. The van der Waals surface area contributed by atoms with E-state index in [1.807, 2.05) is 37.4 Å². The van der Waals surface area contributed by atoms with Crippen LogP contribution in [-0.4, -0.2) is 12.0 Å². The van der Waals surface area contributed by atoms with E-state index in [4.69, 9.17) is 0 Å². The maximum absolute atomic E-state index is 4.39. The van der Waals surface area contributed by atoms with Gasteiger partial charge < -0.3 is 10.6 Å². The molecule has 0 atom stereocenters. The molecule has 1 aromatic carbocycles. The second-order valence-electron chi connectivity index (χ2n) is 3.64. The summed E-state index contributed by atoms with van der Waals surface area (Å²) in [4.78, 5) is 4.39. The molecule has 0 fully saturated rings. The number of nitrogens with zero attached hydrogens (tertiary/aromatic N) is 1. The van der Waals surface area contributed by atoms with Crippen molar-refractivity contribution >= 4 is 27.6 Å². The van der Waals surface area contributed by atoms with Crippen molar-refractivity contribution in [2.75, 3.05) is 17.7 Å². The molecule has 0 aliphatic heterocycles. The third-order valence-electron chi connectivity index (χ3n) is 2.37. The van der Waals surface area contributed by atoms with Gasteiger partial charge in [0.1, 0.15) is 11.6 Å². The van der Waals surface area contributed by atoms with Crippen LogP contribution in [0.2, 0.25) is 0 Å². The van der Waals surface area contributed by atoms with E-state index in [-0.39, 0.29) is 0 Å².